The van der Waals surface area contributed by atoms with Crippen molar-refractivity contribution in [1.82, 2.24) is 19.7 Å². The van der Waals surface area contributed by atoms with Crippen LogP contribution in [0.2, 0.25) is 0 Å². The number of nitrogens with zero attached hydrogens (tertiary/aromatic N) is 6. The fourth-order valence-corrected chi connectivity index (χ4v) is 5.96. The summed E-state index contributed by atoms with van der Waals surface area (Å²) >= 11 is 0. The number of halogens is 1. The minimum atomic E-state index is -0.490. The van der Waals surface area contributed by atoms with E-state index in [0.29, 0.717) is 61.6 Å². The molecule has 1 aliphatic heterocycles. The first kappa shape index (κ1) is 30.7. The highest BCUT2D eigenvalue weighted by Gasteiger charge is 2.29. The number of hydrogen-bond acceptors (Lipinski definition) is 6. The molecular weight excluding hydrogens is 579 g/mol. The van der Waals surface area contributed by atoms with Crippen molar-refractivity contribution in [2.75, 3.05) is 49.6 Å². The molecule has 1 atom stereocenters. The van der Waals surface area contributed by atoms with Gasteiger partial charge in [0.1, 0.15) is 11.5 Å². The lowest BCUT2D eigenvalue weighted by molar-refractivity contribution is -0.132. The van der Waals surface area contributed by atoms with E-state index >= 15 is 4.39 Å². The van der Waals surface area contributed by atoms with Crippen LogP contribution in [0.1, 0.15) is 24.1 Å². The maximum atomic E-state index is 15.1. The van der Waals surface area contributed by atoms with Crippen molar-refractivity contribution in [3.8, 4) is 16.8 Å². The Hall–Kier alpha value is -5.31. The lowest BCUT2D eigenvalue weighted by Crippen LogP contribution is -2.50. The molecule has 6 rings (SSSR count). The molecule has 3 aromatic carbocycles. The molecule has 5 aromatic rings. The fraction of sp³-hybridized carbons (Fsp3) is 0.243. The molecular formula is C37H37FN6O2. The average Bonchev–Trinajstić information content (AvgIpc) is 3.11. The molecule has 1 amide bonds. The van der Waals surface area contributed by atoms with Crippen LogP contribution in [0.15, 0.2) is 114 Å². The van der Waals surface area contributed by atoms with Crippen molar-refractivity contribution >= 4 is 17.3 Å². The average molecular weight is 617 g/mol. The summed E-state index contributed by atoms with van der Waals surface area (Å²) in [6.45, 7) is 4.45. The second-order valence-corrected chi connectivity index (χ2v) is 11.6. The van der Waals surface area contributed by atoms with Crippen LogP contribution in [0, 0.1) is 5.82 Å². The number of carbonyl (C=O) groups excluding carboxylic acids is 1. The standard InChI is InChI=1S/C37H37FN6O2/c1-27(29-16-17-32(33(38)25-29)28-11-5-3-6-12-28)36(45)43-23-21-42(22-24-43)34-26-40-44(31-14-7-4-8-15-31)37(46)35(34)41(2)20-18-30-13-9-10-19-39-30/h3-17,19,25-27H,18,20-24H2,1-2H3. The number of aromatic nitrogens is 3. The van der Waals surface area contributed by atoms with Crippen molar-refractivity contribution in [2.24, 2.45) is 0 Å². The van der Waals surface area contributed by atoms with Crippen molar-refractivity contribution < 1.29 is 9.18 Å². The molecule has 1 fully saturated rings. The highest BCUT2D eigenvalue weighted by atomic mass is 19.1. The van der Waals surface area contributed by atoms with Crippen LogP contribution < -0.4 is 15.4 Å². The number of para-hydroxylation sites is 1. The number of anilines is 2. The molecule has 9 heteroatoms. The summed E-state index contributed by atoms with van der Waals surface area (Å²) in [5.41, 5.74) is 4.68. The molecule has 8 nitrogen and oxygen atoms in total. The van der Waals surface area contributed by atoms with E-state index in [1.165, 1.54) is 10.7 Å². The SMILES string of the molecule is CC(C(=O)N1CCN(c2cnn(-c3ccccc3)c(=O)c2N(C)CCc2ccccn2)CC1)c1ccc(-c2ccccc2)c(F)c1. The largest absolute Gasteiger partial charge is 0.368 e. The van der Waals surface area contributed by atoms with Crippen LogP contribution >= 0.6 is 0 Å². The van der Waals surface area contributed by atoms with Gasteiger partial charge in [-0.05, 0) is 48.4 Å². The first-order valence-corrected chi connectivity index (χ1v) is 15.6. The Balaban J connectivity index is 1.19. The minimum absolute atomic E-state index is 0.0446. The third kappa shape index (κ3) is 6.54. The molecule has 2 aromatic heterocycles. The van der Waals surface area contributed by atoms with Crippen LogP contribution in [-0.4, -0.2) is 65.3 Å². The van der Waals surface area contributed by atoms with E-state index in [9.17, 15) is 9.59 Å². The van der Waals surface area contributed by atoms with Gasteiger partial charge in [0.25, 0.3) is 5.56 Å². The van der Waals surface area contributed by atoms with E-state index in [0.717, 1.165) is 16.9 Å². The molecule has 0 radical (unpaired) electrons. The molecule has 1 saturated heterocycles. The summed E-state index contributed by atoms with van der Waals surface area (Å²) in [5, 5.41) is 4.55. The Morgan fingerprint density at radius 2 is 1.61 bits per heavy atom. The lowest BCUT2D eigenvalue weighted by atomic mass is 9.95. The zero-order valence-corrected chi connectivity index (χ0v) is 26.1. The van der Waals surface area contributed by atoms with Gasteiger partial charge in [-0.25, -0.2) is 4.39 Å². The smallest absolute Gasteiger partial charge is 0.297 e. The maximum Gasteiger partial charge on any atom is 0.297 e. The van der Waals surface area contributed by atoms with Crippen LogP contribution in [0.25, 0.3) is 16.8 Å². The van der Waals surface area contributed by atoms with Gasteiger partial charge in [-0.3, -0.25) is 14.6 Å². The van der Waals surface area contributed by atoms with Crippen molar-refractivity contribution in [1.29, 1.82) is 0 Å². The molecule has 3 heterocycles. The molecule has 0 N–H and O–H groups in total. The van der Waals surface area contributed by atoms with Gasteiger partial charge in [-0.1, -0.05) is 66.7 Å². The summed E-state index contributed by atoms with van der Waals surface area (Å²) in [6, 6.07) is 29.7. The first-order chi connectivity index (χ1) is 22.4. The lowest BCUT2D eigenvalue weighted by Gasteiger charge is -2.38. The molecule has 0 bridgehead atoms. The van der Waals surface area contributed by atoms with Gasteiger partial charge in [0.2, 0.25) is 5.91 Å². The number of amides is 1. The summed E-state index contributed by atoms with van der Waals surface area (Å²) in [5.74, 6) is -0.877. The first-order valence-electron chi connectivity index (χ1n) is 15.6. The Morgan fingerprint density at radius 3 is 2.28 bits per heavy atom. The van der Waals surface area contributed by atoms with Crippen LogP contribution in [0.3, 0.4) is 0 Å². The fourth-order valence-electron chi connectivity index (χ4n) is 5.96. The Kier molecular flexibility index (Phi) is 9.19. The Labute approximate surface area is 268 Å². The van der Waals surface area contributed by atoms with E-state index in [2.05, 4.69) is 15.0 Å². The molecule has 234 valence electrons. The Bertz CT molecular complexity index is 1840. The number of rotatable bonds is 9. The van der Waals surface area contributed by atoms with Gasteiger partial charge in [-0.15, -0.1) is 0 Å². The number of hydrogen-bond donors (Lipinski definition) is 0. The van der Waals surface area contributed by atoms with Gasteiger partial charge >= 0.3 is 0 Å². The number of benzene rings is 3. The third-order valence-electron chi connectivity index (χ3n) is 8.63. The third-order valence-corrected chi connectivity index (χ3v) is 8.63. The van der Waals surface area contributed by atoms with E-state index in [-0.39, 0.29) is 17.3 Å². The summed E-state index contributed by atoms with van der Waals surface area (Å²) in [6.07, 6.45) is 4.20. The number of carbonyl (C=O) groups is 1. The normalized spacial score (nSPS) is 13.8. The van der Waals surface area contributed by atoms with Gasteiger partial charge in [0.15, 0.2) is 0 Å². The molecule has 0 spiro atoms. The van der Waals surface area contributed by atoms with Gasteiger partial charge in [-0.2, -0.15) is 9.78 Å². The number of likely N-dealkylation sites (N-methyl/N-ethyl adjacent to an activating group) is 1. The van der Waals surface area contributed by atoms with Crippen molar-refractivity contribution in [2.45, 2.75) is 19.3 Å². The highest BCUT2D eigenvalue weighted by molar-refractivity contribution is 5.84. The van der Waals surface area contributed by atoms with E-state index < -0.39 is 5.92 Å². The molecule has 0 aliphatic carbocycles. The van der Waals surface area contributed by atoms with Gasteiger partial charge in [0.05, 0.1) is 23.5 Å². The quantitative estimate of drug-likeness (QED) is 0.216. The number of piperazine rings is 1. The Morgan fingerprint density at radius 1 is 0.913 bits per heavy atom. The van der Waals surface area contributed by atoms with E-state index in [1.807, 2.05) is 109 Å². The zero-order valence-electron chi connectivity index (χ0n) is 26.1. The van der Waals surface area contributed by atoms with Crippen LogP contribution in [-0.2, 0) is 11.2 Å². The summed E-state index contributed by atoms with van der Waals surface area (Å²) in [7, 11) is 1.92. The summed E-state index contributed by atoms with van der Waals surface area (Å²) in [4.78, 5) is 37.9. The van der Waals surface area contributed by atoms with Crippen LogP contribution in [0.4, 0.5) is 15.8 Å². The predicted molar refractivity (Wildman–Crippen MR) is 180 cm³/mol. The highest BCUT2D eigenvalue weighted by Crippen LogP contribution is 2.29. The topological polar surface area (TPSA) is 74.6 Å². The number of pyridine rings is 1. The van der Waals surface area contributed by atoms with Crippen LogP contribution in [0.5, 0.6) is 0 Å². The second kappa shape index (κ2) is 13.8. The zero-order chi connectivity index (χ0) is 32.0. The second-order valence-electron chi connectivity index (χ2n) is 11.6. The van der Waals surface area contributed by atoms with Crippen molar-refractivity contribution in [3.63, 3.8) is 0 Å². The predicted octanol–water partition coefficient (Wildman–Crippen LogP) is 5.56. The van der Waals surface area contributed by atoms with E-state index in [1.54, 1.807) is 18.5 Å². The van der Waals surface area contributed by atoms with Gasteiger partial charge in [0, 0.05) is 63.6 Å². The molecule has 1 aliphatic rings. The van der Waals surface area contributed by atoms with Crippen molar-refractivity contribution in [3.05, 3.63) is 137 Å². The molecule has 1 unspecified atom stereocenters. The summed E-state index contributed by atoms with van der Waals surface area (Å²) < 4.78 is 16.5. The van der Waals surface area contributed by atoms with E-state index in [4.69, 9.17) is 0 Å². The molecule has 46 heavy (non-hydrogen) atoms. The van der Waals surface area contributed by atoms with Gasteiger partial charge < -0.3 is 14.7 Å². The minimum Gasteiger partial charge on any atom is -0.368 e. The molecule has 0 saturated carbocycles. The monoisotopic (exact) mass is 616 g/mol. The maximum absolute atomic E-state index is 15.1.